The number of alkyl halides is 1. The second-order valence-corrected chi connectivity index (χ2v) is 5.52. The fourth-order valence-corrected chi connectivity index (χ4v) is 3.28. The van der Waals surface area contributed by atoms with Crippen LogP contribution < -0.4 is 9.80 Å². The van der Waals surface area contributed by atoms with E-state index < -0.39 is 0 Å². The topological polar surface area (TPSA) is 32.3 Å². The second kappa shape index (κ2) is 5.75. The number of nitrogens with zero attached hydrogens (tertiary/aromatic N) is 4. The van der Waals surface area contributed by atoms with Crippen LogP contribution in [-0.4, -0.2) is 36.1 Å². The molecule has 0 aliphatic carbocycles. The summed E-state index contributed by atoms with van der Waals surface area (Å²) in [6, 6.07) is 6.04. The van der Waals surface area contributed by atoms with E-state index in [0.717, 1.165) is 42.8 Å². The normalized spacial score (nSPS) is 15.8. The van der Waals surface area contributed by atoms with Gasteiger partial charge in [-0.2, -0.15) is 0 Å². The number of anilines is 2. The summed E-state index contributed by atoms with van der Waals surface area (Å²) in [7, 11) is 0. The van der Waals surface area contributed by atoms with Gasteiger partial charge in [0.1, 0.15) is 5.82 Å². The Labute approximate surface area is 121 Å². The maximum absolute atomic E-state index is 5.79. The third kappa shape index (κ3) is 2.82. The van der Waals surface area contributed by atoms with E-state index in [-0.39, 0.29) is 0 Å². The molecule has 1 fully saturated rings. The van der Waals surface area contributed by atoms with Gasteiger partial charge in [-0.1, -0.05) is 6.07 Å². The van der Waals surface area contributed by atoms with Gasteiger partial charge in [0.05, 0.1) is 11.6 Å². The highest BCUT2D eigenvalue weighted by Crippen LogP contribution is 2.23. The Morgan fingerprint density at radius 2 is 1.95 bits per heavy atom. The molecule has 1 aliphatic heterocycles. The highest BCUT2D eigenvalue weighted by molar-refractivity contribution is 7.13. The SMILES string of the molecule is ClCc1csc(N2CCN(c3ccccn3)CC2)n1. The van der Waals surface area contributed by atoms with E-state index in [1.54, 1.807) is 11.3 Å². The molecule has 3 rings (SSSR count). The highest BCUT2D eigenvalue weighted by Gasteiger charge is 2.19. The maximum Gasteiger partial charge on any atom is 0.185 e. The van der Waals surface area contributed by atoms with Gasteiger partial charge in [-0.3, -0.25) is 0 Å². The Morgan fingerprint density at radius 1 is 1.16 bits per heavy atom. The van der Waals surface area contributed by atoms with Crippen LogP contribution in [0, 0.1) is 0 Å². The van der Waals surface area contributed by atoms with Crippen molar-refractivity contribution >= 4 is 33.9 Å². The van der Waals surface area contributed by atoms with Crippen LogP contribution in [0.15, 0.2) is 29.8 Å². The first-order valence-electron chi connectivity index (χ1n) is 6.28. The Morgan fingerprint density at radius 3 is 2.58 bits per heavy atom. The molecule has 0 bridgehead atoms. The van der Waals surface area contributed by atoms with Crippen molar-refractivity contribution in [3.8, 4) is 0 Å². The summed E-state index contributed by atoms with van der Waals surface area (Å²) < 4.78 is 0. The monoisotopic (exact) mass is 294 g/mol. The molecule has 0 unspecified atom stereocenters. The van der Waals surface area contributed by atoms with Crippen molar-refractivity contribution in [2.75, 3.05) is 36.0 Å². The minimum Gasteiger partial charge on any atom is -0.353 e. The Bertz CT molecular complexity index is 522. The van der Waals surface area contributed by atoms with Crippen molar-refractivity contribution in [1.29, 1.82) is 0 Å². The average molecular weight is 295 g/mol. The molecule has 1 saturated heterocycles. The van der Waals surface area contributed by atoms with E-state index in [1.807, 2.05) is 23.7 Å². The summed E-state index contributed by atoms with van der Waals surface area (Å²) >= 11 is 7.47. The molecular formula is C13H15ClN4S. The molecule has 2 aromatic heterocycles. The van der Waals surface area contributed by atoms with E-state index in [2.05, 4.69) is 25.8 Å². The van der Waals surface area contributed by atoms with Crippen LogP contribution in [-0.2, 0) is 5.88 Å². The van der Waals surface area contributed by atoms with Crippen molar-refractivity contribution in [3.05, 3.63) is 35.5 Å². The number of hydrogen-bond acceptors (Lipinski definition) is 5. The molecule has 1 aliphatic rings. The molecule has 100 valence electrons. The lowest BCUT2D eigenvalue weighted by Gasteiger charge is -2.35. The van der Waals surface area contributed by atoms with E-state index in [1.165, 1.54) is 0 Å². The molecule has 4 nitrogen and oxygen atoms in total. The molecule has 0 aromatic carbocycles. The number of aromatic nitrogens is 2. The third-order valence-corrected chi connectivity index (χ3v) is 4.42. The zero-order valence-corrected chi connectivity index (χ0v) is 12.1. The number of piperazine rings is 1. The summed E-state index contributed by atoms with van der Waals surface area (Å²) in [6.45, 7) is 3.91. The Balaban J connectivity index is 1.63. The molecule has 19 heavy (non-hydrogen) atoms. The first-order chi connectivity index (χ1) is 9.36. The first-order valence-corrected chi connectivity index (χ1v) is 7.69. The van der Waals surface area contributed by atoms with Gasteiger partial charge in [-0.25, -0.2) is 9.97 Å². The van der Waals surface area contributed by atoms with Gasteiger partial charge >= 0.3 is 0 Å². The van der Waals surface area contributed by atoms with Crippen molar-refractivity contribution in [2.24, 2.45) is 0 Å². The predicted octanol–water partition coefficient (Wildman–Crippen LogP) is 2.60. The van der Waals surface area contributed by atoms with E-state index in [9.17, 15) is 0 Å². The highest BCUT2D eigenvalue weighted by atomic mass is 35.5. The lowest BCUT2D eigenvalue weighted by Crippen LogP contribution is -2.46. The largest absolute Gasteiger partial charge is 0.353 e. The van der Waals surface area contributed by atoms with Crippen LogP contribution in [0.1, 0.15) is 5.69 Å². The molecule has 0 atom stereocenters. The van der Waals surface area contributed by atoms with Crippen molar-refractivity contribution in [3.63, 3.8) is 0 Å². The average Bonchev–Trinajstić information content (AvgIpc) is 2.97. The van der Waals surface area contributed by atoms with Gasteiger partial charge in [0.15, 0.2) is 5.13 Å². The molecule has 3 heterocycles. The van der Waals surface area contributed by atoms with Gasteiger partial charge in [0, 0.05) is 37.8 Å². The van der Waals surface area contributed by atoms with E-state index >= 15 is 0 Å². The Hall–Kier alpha value is -1.33. The standard InChI is InChI=1S/C13H15ClN4S/c14-9-11-10-19-13(16-11)18-7-5-17(6-8-18)12-3-1-2-4-15-12/h1-4,10H,5-9H2. The molecule has 0 amide bonds. The number of halogens is 1. The molecule has 2 aromatic rings. The van der Waals surface area contributed by atoms with Gasteiger partial charge in [0.2, 0.25) is 0 Å². The fraction of sp³-hybridized carbons (Fsp3) is 0.385. The van der Waals surface area contributed by atoms with Crippen LogP contribution in [0.25, 0.3) is 0 Å². The predicted molar refractivity (Wildman–Crippen MR) is 80.3 cm³/mol. The lowest BCUT2D eigenvalue weighted by molar-refractivity contribution is 0.645. The molecule has 6 heteroatoms. The number of pyridine rings is 1. The molecule has 0 saturated carbocycles. The van der Waals surface area contributed by atoms with Gasteiger partial charge in [-0.05, 0) is 12.1 Å². The lowest BCUT2D eigenvalue weighted by atomic mass is 10.3. The van der Waals surface area contributed by atoms with Crippen LogP contribution in [0.5, 0.6) is 0 Å². The number of thiazole rings is 1. The van der Waals surface area contributed by atoms with E-state index in [0.29, 0.717) is 5.88 Å². The molecular weight excluding hydrogens is 280 g/mol. The van der Waals surface area contributed by atoms with Crippen LogP contribution in [0.3, 0.4) is 0 Å². The Kier molecular flexibility index (Phi) is 3.84. The zero-order valence-electron chi connectivity index (χ0n) is 10.5. The minimum atomic E-state index is 0.490. The number of hydrogen-bond donors (Lipinski definition) is 0. The van der Waals surface area contributed by atoms with Crippen molar-refractivity contribution in [1.82, 2.24) is 9.97 Å². The van der Waals surface area contributed by atoms with Gasteiger partial charge < -0.3 is 9.80 Å². The summed E-state index contributed by atoms with van der Waals surface area (Å²) in [5, 5.41) is 3.12. The quantitative estimate of drug-likeness (QED) is 0.815. The smallest absolute Gasteiger partial charge is 0.185 e. The third-order valence-electron chi connectivity index (χ3n) is 3.20. The van der Waals surface area contributed by atoms with Crippen LogP contribution >= 0.6 is 22.9 Å². The second-order valence-electron chi connectivity index (χ2n) is 4.42. The van der Waals surface area contributed by atoms with Crippen LogP contribution in [0.2, 0.25) is 0 Å². The fourth-order valence-electron chi connectivity index (χ4n) is 2.17. The maximum atomic E-state index is 5.79. The van der Waals surface area contributed by atoms with Gasteiger partial charge in [-0.15, -0.1) is 22.9 Å². The van der Waals surface area contributed by atoms with Gasteiger partial charge in [0.25, 0.3) is 0 Å². The van der Waals surface area contributed by atoms with Crippen molar-refractivity contribution in [2.45, 2.75) is 5.88 Å². The zero-order chi connectivity index (χ0) is 13.1. The number of rotatable bonds is 3. The molecule has 0 radical (unpaired) electrons. The van der Waals surface area contributed by atoms with E-state index in [4.69, 9.17) is 11.6 Å². The van der Waals surface area contributed by atoms with Crippen LogP contribution in [0.4, 0.5) is 10.9 Å². The summed E-state index contributed by atoms with van der Waals surface area (Å²) in [5.74, 6) is 1.55. The summed E-state index contributed by atoms with van der Waals surface area (Å²) in [5.41, 5.74) is 0.967. The van der Waals surface area contributed by atoms with Crippen molar-refractivity contribution < 1.29 is 0 Å². The minimum absolute atomic E-state index is 0.490. The summed E-state index contributed by atoms with van der Waals surface area (Å²) in [6.07, 6.45) is 1.84. The first kappa shape index (κ1) is 12.7. The summed E-state index contributed by atoms with van der Waals surface area (Å²) in [4.78, 5) is 13.6. The molecule has 0 spiro atoms. The molecule has 0 N–H and O–H groups in total.